The van der Waals surface area contributed by atoms with Crippen LogP contribution in [-0.4, -0.2) is 17.6 Å². The molecule has 2 atom stereocenters. The SMILES string of the molecule is C=C1CC2CC(CCC(C)C)CCN2c2ncc(C3CC3)cc21. The monoisotopic (exact) mass is 310 g/mol. The van der Waals surface area contributed by atoms with Gasteiger partial charge in [0.15, 0.2) is 0 Å². The zero-order valence-electron chi connectivity index (χ0n) is 14.7. The maximum atomic E-state index is 4.88. The molecule has 23 heavy (non-hydrogen) atoms. The number of hydrogen-bond acceptors (Lipinski definition) is 2. The zero-order valence-corrected chi connectivity index (χ0v) is 14.7. The second kappa shape index (κ2) is 5.96. The van der Waals surface area contributed by atoms with Crippen LogP contribution in [0, 0.1) is 11.8 Å². The third kappa shape index (κ3) is 3.05. The summed E-state index contributed by atoms with van der Waals surface area (Å²) in [5.74, 6) is 3.73. The van der Waals surface area contributed by atoms with Crippen molar-refractivity contribution in [2.24, 2.45) is 11.8 Å². The van der Waals surface area contributed by atoms with Gasteiger partial charge in [-0.3, -0.25) is 0 Å². The van der Waals surface area contributed by atoms with E-state index in [1.165, 1.54) is 67.6 Å². The summed E-state index contributed by atoms with van der Waals surface area (Å²) in [5.41, 5.74) is 4.10. The average Bonchev–Trinajstić information content (AvgIpc) is 3.37. The van der Waals surface area contributed by atoms with Gasteiger partial charge < -0.3 is 4.90 Å². The molecule has 1 aromatic heterocycles. The molecule has 2 nitrogen and oxygen atoms in total. The smallest absolute Gasteiger partial charge is 0.136 e. The van der Waals surface area contributed by atoms with Gasteiger partial charge in [-0.2, -0.15) is 0 Å². The topological polar surface area (TPSA) is 16.1 Å². The molecule has 2 aliphatic heterocycles. The Kier molecular flexibility index (Phi) is 3.95. The van der Waals surface area contributed by atoms with Crippen molar-refractivity contribution in [2.45, 2.75) is 70.8 Å². The Hall–Kier alpha value is -1.31. The zero-order chi connectivity index (χ0) is 16.0. The van der Waals surface area contributed by atoms with Gasteiger partial charge in [-0.15, -0.1) is 0 Å². The van der Waals surface area contributed by atoms with E-state index in [1.54, 1.807) is 0 Å². The summed E-state index contributed by atoms with van der Waals surface area (Å²) in [6.07, 6.45) is 11.4. The van der Waals surface area contributed by atoms with Gasteiger partial charge in [0.2, 0.25) is 0 Å². The van der Waals surface area contributed by atoms with E-state index in [2.05, 4.69) is 37.6 Å². The van der Waals surface area contributed by atoms with Crippen LogP contribution in [0.2, 0.25) is 0 Å². The molecule has 1 saturated heterocycles. The fourth-order valence-electron chi connectivity index (χ4n) is 4.43. The van der Waals surface area contributed by atoms with Crippen molar-refractivity contribution < 1.29 is 0 Å². The molecule has 0 spiro atoms. The number of nitrogens with zero attached hydrogens (tertiary/aromatic N) is 2. The first-order valence-corrected chi connectivity index (χ1v) is 9.56. The third-order valence-electron chi connectivity index (χ3n) is 6.05. The number of hydrogen-bond donors (Lipinski definition) is 0. The Balaban J connectivity index is 1.51. The maximum absolute atomic E-state index is 4.88. The van der Waals surface area contributed by atoms with E-state index < -0.39 is 0 Å². The third-order valence-corrected chi connectivity index (χ3v) is 6.05. The molecule has 2 unspecified atom stereocenters. The Labute approximate surface area is 141 Å². The van der Waals surface area contributed by atoms with Gasteiger partial charge in [-0.25, -0.2) is 4.98 Å². The van der Waals surface area contributed by atoms with Gasteiger partial charge in [-0.1, -0.05) is 33.3 Å². The number of anilines is 1. The van der Waals surface area contributed by atoms with E-state index in [4.69, 9.17) is 4.98 Å². The molecule has 1 saturated carbocycles. The van der Waals surface area contributed by atoms with Crippen molar-refractivity contribution in [3.05, 3.63) is 30.0 Å². The second-order valence-electron chi connectivity index (χ2n) is 8.43. The minimum atomic E-state index is 0.639. The first-order chi connectivity index (χ1) is 11.1. The summed E-state index contributed by atoms with van der Waals surface area (Å²) in [7, 11) is 0. The highest BCUT2D eigenvalue weighted by molar-refractivity contribution is 5.77. The summed E-state index contributed by atoms with van der Waals surface area (Å²) in [6.45, 7) is 10.3. The highest BCUT2D eigenvalue weighted by Crippen LogP contribution is 2.45. The summed E-state index contributed by atoms with van der Waals surface area (Å²) in [6, 6.07) is 3.03. The first-order valence-electron chi connectivity index (χ1n) is 9.56. The number of pyridine rings is 1. The molecule has 2 heteroatoms. The largest absolute Gasteiger partial charge is 0.353 e. The molecular weight excluding hydrogens is 280 g/mol. The lowest BCUT2D eigenvalue weighted by Gasteiger charge is -2.44. The van der Waals surface area contributed by atoms with Crippen LogP contribution in [0.15, 0.2) is 18.8 Å². The maximum Gasteiger partial charge on any atom is 0.136 e. The molecule has 4 rings (SSSR count). The molecule has 0 aromatic carbocycles. The predicted molar refractivity (Wildman–Crippen MR) is 97.8 cm³/mol. The van der Waals surface area contributed by atoms with Crippen molar-refractivity contribution in [3.63, 3.8) is 0 Å². The molecule has 1 aliphatic carbocycles. The average molecular weight is 310 g/mol. The van der Waals surface area contributed by atoms with Crippen LogP contribution in [0.3, 0.4) is 0 Å². The van der Waals surface area contributed by atoms with Crippen molar-refractivity contribution >= 4 is 11.4 Å². The van der Waals surface area contributed by atoms with Crippen LogP contribution in [0.1, 0.15) is 75.8 Å². The highest BCUT2D eigenvalue weighted by atomic mass is 15.2. The van der Waals surface area contributed by atoms with Gasteiger partial charge in [0.25, 0.3) is 0 Å². The number of fused-ring (bicyclic) bond motifs is 3. The van der Waals surface area contributed by atoms with Crippen LogP contribution < -0.4 is 4.90 Å². The first kappa shape index (κ1) is 15.2. The van der Waals surface area contributed by atoms with Crippen LogP contribution in [-0.2, 0) is 0 Å². The van der Waals surface area contributed by atoms with Gasteiger partial charge in [-0.05, 0) is 67.1 Å². The summed E-state index contributed by atoms with van der Waals surface area (Å²) in [5, 5.41) is 0. The Bertz CT molecular complexity index is 600. The molecule has 1 aromatic rings. The van der Waals surface area contributed by atoms with Crippen molar-refractivity contribution in [2.75, 3.05) is 11.4 Å². The van der Waals surface area contributed by atoms with Gasteiger partial charge in [0, 0.05) is 24.3 Å². The van der Waals surface area contributed by atoms with E-state index in [-0.39, 0.29) is 0 Å². The van der Waals surface area contributed by atoms with Crippen LogP contribution in [0.4, 0.5) is 5.82 Å². The minimum absolute atomic E-state index is 0.639. The van der Waals surface area contributed by atoms with Gasteiger partial charge in [0.1, 0.15) is 5.82 Å². The van der Waals surface area contributed by atoms with Crippen LogP contribution in [0.25, 0.3) is 5.57 Å². The predicted octanol–water partition coefficient (Wildman–Crippen LogP) is 5.40. The fourth-order valence-corrected chi connectivity index (χ4v) is 4.43. The van der Waals surface area contributed by atoms with E-state index in [0.29, 0.717) is 6.04 Å². The summed E-state index contributed by atoms with van der Waals surface area (Å²) in [4.78, 5) is 7.47. The van der Waals surface area contributed by atoms with Crippen LogP contribution >= 0.6 is 0 Å². The number of piperidine rings is 1. The second-order valence-corrected chi connectivity index (χ2v) is 8.43. The lowest BCUT2D eigenvalue weighted by molar-refractivity contribution is 0.303. The normalized spacial score (nSPS) is 27.1. The van der Waals surface area contributed by atoms with E-state index in [1.807, 2.05) is 0 Å². The molecule has 0 amide bonds. The fraction of sp³-hybridized carbons (Fsp3) is 0.667. The molecule has 124 valence electrons. The molecule has 0 radical (unpaired) electrons. The lowest BCUT2D eigenvalue weighted by Crippen LogP contribution is -2.45. The number of rotatable bonds is 4. The lowest BCUT2D eigenvalue weighted by atomic mass is 9.80. The summed E-state index contributed by atoms with van der Waals surface area (Å²) < 4.78 is 0. The molecule has 3 heterocycles. The van der Waals surface area contributed by atoms with Gasteiger partial charge in [0.05, 0.1) is 0 Å². The molecule has 0 N–H and O–H groups in total. The Morgan fingerprint density at radius 1 is 1.30 bits per heavy atom. The van der Waals surface area contributed by atoms with Crippen LogP contribution in [0.5, 0.6) is 0 Å². The van der Waals surface area contributed by atoms with E-state index in [9.17, 15) is 0 Å². The molecule has 3 aliphatic rings. The minimum Gasteiger partial charge on any atom is -0.353 e. The number of aromatic nitrogens is 1. The van der Waals surface area contributed by atoms with E-state index in [0.717, 1.165) is 24.2 Å². The standard InChI is InChI=1S/C21H30N2/c1-14(2)4-5-16-8-9-23-19(11-16)10-15(3)20-12-18(17-6-7-17)13-22-21(20)23/h12-14,16-17,19H,3-11H2,1-2H3. The quantitative estimate of drug-likeness (QED) is 0.740. The molecular formula is C21H30N2. The Morgan fingerprint density at radius 2 is 2.13 bits per heavy atom. The van der Waals surface area contributed by atoms with E-state index >= 15 is 0 Å². The van der Waals surface area contributed by atoms with Crippen molar-refractivity contribution in [1.29, 1.82) is 0 Å². The van der Waals surface area contributed by atoms with Crippen molar-refractivity contribution in [1.82, 2.24) is 4.98 Å². The highest BCUT2D eigenvalue weighted by Gasteiger charge is 2.35. The van der Waals surface area contributed by atoms with Crippen molar-refractivity contribution in [3.8, 4) is 0 Å². The van der Waals surface area contributed by atoms with Gasteiger partial charge >= 0.3 is 0 Å². The molecule has 0 bridgehead atoms. The Morgan fingerprint density at radius 3 is 2.87 bits per heavy atom. The summed E-state index contributed by atoms with van der Waals surface area (Å²) >= 11 is 0. The molecule has 2 fully saturated rings.